The van der Waals surface area contributed by atoms with Crippen LogP contribution in [0.2, 0.25) is 0 Å². The first-order valence-electron chi connectivity index (χ1n) is 8.95. The highest BCUT2D eigenvalue weighted by Gasteiger charge is 2.22. The summed E-state index contributed by atoms with van der Waals surface area (Å²) in [4.78, 5) is 17.2. The third kappa shape index (κ3) is 4.92. The van der Waals surface area contributed by atoms with Crippen LogP contribution in [0.25, 0.3) is 11.4 Å². The van der Waals surface area contributed by atoms with Gasteiger partial charge in [0, 0.05) is 11.1 Å². The summed E-state index contributed by atoms with van der Waals surface area (Å²) in [6.45, 7) is 2.03. The van der Waals surface area contributed by atoms with Gasteiger partial charge < -0.3 is 14.6 Å². The summed E-state index contributed by atoms with van der Waals surface area (Å²) in [6.07, 6.45) is 2.71. The van der Waals surface area contributed by atoms with Gasteiger partial charge in [0.1, 0.15) is 11.8 Å². The van der Waals surface area contributed by atoms with Crippen LogP contribution in [-0.4, -0.2) is 35.2 Å². The highest BCUT2D eigenvalue weighted by Crippen LogP contribution is 2.23. The van der Waals surface area contributed by atoms with E-state index in [2.05, 4.69) is 15.5 Å². The molecule has 7 heteroatoms. The summed E-state index contributed by atoms with van der Waals surface area (Å²) in [5.74, 6) is 2.30. The summed E-state index contributed by atoms with van der Waals surface area (Å²) in [5.41, 5.74) is 2.59. The molecule has 0 aliphatic heterocycles. The molecule has 0 aliphatic carbocycles. The number of aromatic nitrogens is 2. The lowest BCUT2D eigenvalue weighted by Gasteiger charge is -2.14. The maximum Gasteiger partial charge on any atom is 0.251 e. The Balaban J connectivity index is 1.77. The number of benzene rings is 2. The Kier molecular flexibility index (Phi) is 6.71. The average Bonchev–Trinajstić information content (AvgIpc) is 3.21. The monoisotopic (exact) mass is 397 g/mol. The van der Waals surface area contributed by atoms with Crippen molar-refractivity contribution < 1.29 is 14.1 Å². The predicted octanol–water partition coefficient (Wildman–Crippen LogP) is 4.28. The molecule has 2 aromatic carbocycles. The Morgan fingerprint density at radius 2 is 1.89 bits per heavy atom. The minimum absolute atomic E-state index is 0.191. The van der Waals surface area contributed by atoms with E-state index < -0.39 is 0 Å². The molecule has 3 rings (SSSR count). The van der Waals surface area contributed by atoms with E-state index in [9.17, 15) is 4.79 Å². The third-order valence-electron chi connectivity index (χ3n) is 4.32. The maximum atomic E-state index is 12.7. The van der Waals surface area contributed by atoms with Crippen LogP contribution < -0.4 is 10.1 Å². The normalized spacial score (nSPS) is 11.8. The SMILES string of the molecule is COc1ccc(C(=O)N[C@@H](CCSC)c2nc(-c3ccc(C)cc3)no2)cc1. The molecule has 6 nitrogen and oxygen atoms in total. The molecule has 1 N–H and O–H groups in total. The summed E-state index contributed by atoms with van der Waals surface area (Å²) in [6, 6.07) is 14.5. The number of aryl methyl sites for hydroxylation is 1. The fraction of sp³-hybridized carbons (Fsp3) is 0.286. The first-order valence-corrected chi connectivity index (χ1v) is 10.3. The van der Waals surface area contributed by atoms with Gasteiger partial charge in [-0.2, -0.15) is 16.7 Å². The highest BCUT2D eigenvalue weighted by atomic mass is 32.2. The predicted molar refractivity (Wildman–Crippen MR) is 111 cm³/mol. The van der Waals surface area contributed by atoms with Gasteiger partial charge >= 0.3 is 0 Å². The van der Waals surface area contributed by atoms with Gasteiger partial charge in [-0.25, -0.2) is 0 Å². The molecule has 1 amide bonds. The van der Waals surface area contributed by atoms with E-state index in [0.29, 0.717) is 29.4 Å². The fourth-order valence-corrected chi connectivity index (χ4v) is 3.15. The largest absolute Gasteiger partial charge is 0.497 e. The van der Waals surface area contributed by atoms with Crippen molar-refractivity contribution in [2.45, 2.75) is 19.4 Å². The lowest BCUT2D eigenvalue weighted by atomic mass is 10.1. The molecule has 1 aromatic heterocycles. The first-order chi connectivity index (χ1) is 13.6. The van der Waals surface area contributed by atoms with Gasteiger partial charge in [-0.1, -0.05) is 35.0 Å². The molecule has 0 radical (unpaired) electrons. The van der Waals surface area contributed by atoms with Crippen LogP contribution >= 0.6 is 11.8 Å². The zero-order valence-electron chi connectivity index (χ0n) is 16.1. The van der Waals surface area contributed by atoms with Gasteiger partial charge in [-0.3, -0.25) is 4.79 Å². The molecule has 0 aliphatic rings. The van der Waals surface area contributed by atoms with Crippen molar-refractivity contribution in [2.75, 3.05) is 19.1 Å². The smallest absolute Gasteiger partial charge is 0.251 e. The lowest BCUT2D eigenvalue weighted by molar-refractivity contribution is 0.0927. The minimum atomic E-state index is -0.353. The van der Waals surface area contributed by atoms with E-state index in [1.54, 1.807) is 43.1 Å². The van der Waals surface area contributed by atoms with Crippen molar-refractivity contribution in [1.82, 2.24) is 15.5 Å². The van der Waals surface area contributed by atoms with Crippen LogP contribution in [0.15, 0.2) is 53.1 Å². The second kappa shape index (κ2) is 9.41. The van der Waals surface area contributed by atoms with E-state index in [1.165, 1.54) is 0 Å². The van der Waals surface area contributed by atoms with E-state index in [-0.39, 0.29) is 11.9 Å². The van der Waals surface area contributed by atoms with Crippen molar-refractivity contribution in [3.63, 3.8) is 0 Å². The number of nitrogens with zero attached hydrogens (tertiary/aromatic N) is 2. The standard InChI is InChI=1S/C21H23N3O3S/c1-14-4-6-15(7-5-14)19-23-21(27-24-19)18(12-13-28-3)22-20(25)16-8-10-17(26-2)11-9-16/h4-11,18H,12-13H2,1-3H3,(H,22,25)/t18-/m0/s1. The van der Waals surface area contributed by atoms with Crippen LogP contribution in [0.3, 0.4) is 0 Å². The molecule has 28 heavy (non-hydrogen) atoms. The molecule has 0 bridgehead atoms. The zero-order valence-corrected chi connectivity index (χ0v) is 17.0. The first kappa shape index (κ1) is 19.9. The Morgan fingerprint density at radius 3 is 2.54 bits per heavy atom. The van der Waals surface area contributed by atoms with Gasteiger partial charge in [0.15, 0.2) is 0 Å². The average molecular weight is 398 g/mol. The van der Waals surface area contributed by atoms with Crippen molar-refractivity contribution in [3.8, 4) is 17.1 Å². The topological polar surface area (TPSA) is 77.2 Å². The number of nitrogens with one attached hydrogen (secondary N) is 1. The zero-order chi connectivity index (χ0) is 19.9. The van der Waals surface area contributed by atoms with Crippen molar-refractivity contribution in [2.24, 2.45) is 0 Å². The van der Waals surface area contributed by atoms with E-state index in [4.69, 9.17) is 9.26 Å². The van der Waals surface area contributed by atoms with Gasteiger partial charge in [0.05, 0.1) is 7.11 Å². The molecule has 1 heterocycles. The number of hydrogen-bond donors (Lipinski definition) is 1. The highest BCUT2D eigenvalue weighted by molar-refractivity contribution is 7.98. The molecule has 0 unspecified atom stereocenters. The maximum absolute atomic E-state index is 12.7. The molecule has 0 fully saturated rings. The molecular weight excluding hydrogens is 374 g/mol. The number of carbonyl (C=O) groups is 1. The molecular formula is C21H23N3O3S. The number of rotatable bonds is 8. The van der Waals surface area contributed by atoms with Gasteiger partial charge in [0.2, 0.25) is 11.7 Å². The van der Waals surface area contributed by atoms with Crippen LogP contribution in [0.4, 0.5) is 0 Å². The van der Waals surface area contributed by atoms with Crippen molar-refractivity contribution in [3.05, 3.63) is 65.5 Å². The van der Waals surface area contributed by atoms with Crippen LogP contribution in [0, 0.1) is 6.92 Å². The van der Waals surface area contributed by atoms with E-state index in [1.807, 2.05) is 37.4 Å². The molecule has 0 spiro atoms. The fourth-order valence-electron chi connectivity index (χ4n) is 2.67. The molecule has 146 valence electrons. The number of hydrogen-bond acceptors (Lipinski definition) is 6. The van der Waals surface area contributed by atoms with Crippen LogP contribution in [-0.2, 0) is 0 Å². The number of carbonyl (C=O) groups excluding carboxylic acids is 1. The molecule has 3 aromatic rings. The second-order valence-electron chi connectivity index (χ2n) is 6.36. The Bertz CT molecular complexity index is 907. The number of amides is 1. The summed E-state index contributed by atoms with van der Waals surface area (Å²) in [7, 11) is 1.59. The second-order valence-corrected chi connectivity index (χ2v) is 7.34. The lowest BCUT2D eigenvalue weighted by Crippen LogP contribution is -2.29. The van der Waals surface area contributed by atoms with E-state index in [0.717, 1.165) is 16.9 Å². The van der Waals surface area contributed by atoms with E-state index >= 15 is 0 Å². The number of thioether (sulfide) groups is 1. The van der Waals surface area contributed by atoms with Crippen molar-refractivity contribution >= 4 is 17.7 Å². The molecule has 0 saturated carbocycles. The quantitative estimate of drug-likeness (QED) is 0.611. The summed E-state index contributed by atoms with van der Waals surface area (Å²) in [5, 5.41) is 7.09. The van der Waals surface area contributed by atoms with Crippen molar-refractivity contribution in [1.29, 1.82) is 0 Å². The van der Waals surface area contributed by atoms with Gasteiger partial charge in [-0.15, -0.1) is 0 Å². The summed E-state index contributed by atoms with van der Waals surface area (Å²) < 4.78 is 10.6. The van der Waals surface area contributed by atoms with Gasteiger partial charge in [0.25, 0.3) is 5.91 Å². The number of methoxy groups -OCH3 is 1. The Morgan fingerprint density at radius 1 is 1.18 bits per heavy atom. The Labute approximate surface area is 168 Å². The van der Waals surface area contributed by atoms with Gasteiger partial charge in [-0.05, 0) is 49.6 Å². The third-order valence-corrected chi connectivity index (χ3v) is 4.96. The number of ether oxygens (including phenoxy) is 1. The minimum Gasteiger partial charge on any atom is -0.497 e. The Hall–Kier alpha value is -2.80. The van der Waals surface area contributed by atoms with Crippen LogP contribution in [0.5, 0.6) is 5.75 Å². The van der Waals surface area contributed by atoms with Crippen LogP contribution in [0.1, 0.15) is 34.3 Å². The molecule has 0 saturated heterocycles. The summed E-state index contributed by atoms with van der Waals surface area (Å²) >= 11 is 1.70. The molecule has 1 atom stereocenters.